The van der Waals surface area contributed by atoms with Crippen LogP contribution in [0.1, 0.15) is 53.5 Å². The van der Waals surface area contributed by atoms with E-state index in [-0.39, 0.29) is 25.7 Å². The summed E-state index contributed by atoms with van der Waals surface area (Å²) in [4.78, 5) is 20.6. The molecule has 1 amide bonds. The molecule has 2 heterocycles. The third-order valence-corrected chi connectivity index (χ3v) is 5.37. The first kappa shape index (κ1) is 21.4. The number of halogens is 5. The number of carbonyl (C=O) groups excluding carboxylic acids is 1. The zero-order valence-electron chi connectivity index (χ0n) is 15.1. The molecule has 1 aliphatic carbocycles. The fraction of sp³-hybridized carbons (Fsp3) is 0.421. The molecule has 2 aromatic rings. The van der Waals surface area contributed by atoms with Crippen LogP contribution in [0.2, 0.25) is 5.02 Å². The average Bonchev–Trinajstić information content (AvgIpc) is 2.68. The molecule has 1 fully saturated rings. The smallest absolute Gasteiger partial charge is 0.387 e. The number of hydrogen-bond acceptors (Lipinski definition) is 4. The van der Waals surface area contributed by atoms with Crippen LogP contribution in [-0.2, 0) is 6.18 Å². The van der Waals surface area contributed by atoms with Crippen LogP contribution >= 0.6 is 11.6 Å². The first-order valence-corrected chi connectivity index (χ1v) is 9.29. The van der Waals surface area contributed by atoms with Gasteiger partial charge in [0.2, 0.25) is 0 Å². The maximum atomic E-state index is 13.6. The van der Waals surface area contributed by atoms with Crippen molar-refractivity contribution >= 4 is 17.5 Å². The normalized spacial score (nSPS) is 23.4. The highest BCUT2D eigenvalue weighted by molar-refractivity contribution is 6.34. The number of aliphatic hydroxyl groups is 1. The van der Waals surface area contributed by atoms with Crippen molar-refractivity contribution in [2.24, 2.45) is 0 Å². The van der Waals surface area contributed by atoms with Crippen LogP contribution in [0.3, 0.4) is 0 Å². The third-order valence-electron chi connectivity index (χ3n) is 4.99. The Morgan fingerprint density at radius 2 is 1.90 bits per heavy atom. The number of pyridine rings is 2. The summed E-state index contributed by atoms with van der Waals surface area (Å²) in [6.07, 6.45) is -3.23. The molecule has 1 saturated carbocycles. The molecule has 5 nitrogen and oxygen atoms in total. The lowest BCUT2D eigenvalue weighted by Gasteiger charge is -2.40. The molecule has 0 radical (unpaired) electrons. The van der Waals surface area contributed by atoms with Gasteiger partial charge in [-0.3, -0.25) is 9.78 Å². The van der Waals surface area contributed by atoms with E-state index in [1.54, 1.807) is 18.2 Å². The average molecular weight is 432 g/mol. The van der Waals surface area contributed by atoms with Crippen molar-refractivity contribution in [1.82, 2.24) is 15.3 Å². The monoisotopic (exact) mass is 431 g/mol. The second-order valence-corrected chi connectivity index (χ2v) is 7.34. The number of hydrogen-bond donors (Lipinski definition) is 2. The SMILES string of the molecule is O=C(NC(c1ccccn1)[C@]1(O)CC[C@@H](F)CC1)c1nccc(C(F)(F)F)c1Cl. The van der Waals surface area contributed by atoms with Crippen LogP contribution < -0.4 is 5.32 Å². The zero-order valence-corrected chi connectivity index (χ0v) is 15.8. The van der Waals surface area contributed by atoms with E-state index in [0.29, 0.717) is 11.8 Å². The molecule has 10 heteroatoms. The van der Waals surface area contributed by atoms with E-state index in [0.717, 1.165) is 6.20 Å². The van der Waals surface area contributed by atoms with Crippen molar-refractivity contribution in [1.29, 1.82) is 0 Å². The quantitative estimate of drug-likeness (QED) is 0.709. The van der Waals surface area contributed by atoms with Crippen LogP contribution in [0.25, 0.3) is 0 Å². The third kappa shape index (κ3) is 4.67. The fourth-order valence-electron chi connectivity index (χ4n) is 3.42. The van der Waals surface area contributed by atoms with E-state index in [4.69, 9.17) is 11.6 Å². The van der Waals surface area contributed by atoms with Gasteiger partial charge in [-0.15, -0.1) is 0 Å². The molecular weight excluding hydrogens is 414 g/mol. The number of alkyl halides is 4. The lowest BCUT2D eigenvalue weighted by Crippen LogP contribution is -2.49. The predicted octanol–water partition coefficient (Wildman–Crippen LogP) is 4.26. The predicted molar refractivity (Wildman–Crippen MR) is 97.0 cm³/mol. The lowest BCUT2D eigenvalue weighted by atomic mass is 9.77. The molecule has 2 N–H and O–H groups in total. The van der Waals surface area contributed by atoms with Gasteiger partial charge in [0.1, 0.15) is 17.9 Å². The summed E-state index contributed by atoms with van der Waals surface area (Å²) in [6.45, 7) is 0. The highest BCUT2D eigenvalue weighted by atomic mass is 35.5. The van der Waals surface area contributed by atoms with Gasteiger partial charge in [0, 0.05) is 12.4 Å². The zero-order chi connectivity index (χ0) is 21.2. The summed E-state index contributed by atoms with van der Waals surface area (Å²) < 4.78 is 52.8. The van der Waals surface area contributed by atoms with Crippen LogP contribution in [0.4, 0.5) is 17.6 Å². The number of rotatable bonds is 4. The molecule has 0 aliphatic heterocycles. The molecule has 2 aromatic heterocycles. The summed E-state index contributed by atoms with van der Waals surface area (Å²) in [5, 5.41) is 12.8. The Kier molecular flexibility index (Phi) is 6.09. The Bertz CT molecular complexity index is 872. The molecule has 1 atom stereocenters. The molecule has 0 saturated heterocycles. The number of aromatic nitrogens is 2. The Morgan fingerprint density at radius 1 is 1.21 bits per heavy atom. The van der Waals surface area contributed by atoms with Gasteiger partial charge in [0.05, 0.1) is 21.9 Å². The Morgan fingerprint density at radius 3 is 2.48 bits per heavy atom. The largest absolute Gasteiger partial charge is 0.417 e. The van der Waals surface area contributed by atoms with Crippen LogP contribution in [-0.4, -0.2) is 32.8 Å². The number of nitrogens with one attached hydrogen (secondary N) is 1. The van der Waals surface area contributed by atoms with E-state index >= 15 is 0 Å². The van der Waals surface area contributed by atoms with Crippen LogP contribution in [0, 0.1) is 0 Å². The van der Waals surface area contributed by atoms with Crippen LogP contribution in [0.15, 0.2) is 36.7 Å². The first-order valence-electron chi connectivity index (χ1n) is 8.92. The summed E-state index contributed by atoms with van der Waals surface area (Å²) >= 11 is 5.79. The molecule has 0 spiro atoms. The van der Waals surface area contributed by atoms with Crippen LogP contribution in [0.5, 0.6) is 0 Å². The lowest BCUT2D eigenvalue weighted by molar-refractivity contribution is -0.137. The second-order valence-electron chi connectivity index (χ2n) is 6.96. The van der Waals surface area contributed by atoms with Gasteiger partial charge in [0.15, 0.2) is 0 Å². The summed E-state index contributed by atoms with van der Waals surface area (Å²) in [7, 11) is 0. The van der Waals surface area contributed by atoms with Gasteiger partial charge in [-0.2, -0.15) is 13.2 Å². The van der Waals surface area contributed by atoms with E-state index in [1.165, 1.54) is 6.20 Å². The van der Waals surface area contributed by atoms with Crippen molar-refractivity contribution in [2.75, 3.05) is 0 Å². The number of carbonyl (C=O) groups is 1. The molecule has 1 aliphatic rings. The molecule has 29 heavy (non-hydrogen) atoms. The van der Waals surface area contributed by atoms with Gasteiger partial charge >= 0.3 is 6.18 Å². The summed E-state index contributed by atoms with van der Waals surface area (Å²) in [5.41, 5.74) is -3.03. The molecular formula is C19H18ClF4N3O2. The second kappa shape index (κ2) is 8.23. The Hall–Kier alpha value is -2.26. The van der Waals surface area contributed by atoms with Crippen molar-refractivity contribution < 1.29 is 27.5 Å². The van der Waals surface area contributed by atoms with E-state index < -0.39 is 46.2 Å². The van der Waals surface area contributed by atoms with Crippen molar-refractivity contribution in [3.05, 3.63) is 58.6 Å². The standard InChI is InChI=1S/C19H18ClF4N3O2/c20-14-12(19(22,23)24)6-10-26-15(14)17(28)27-16(13-3-1-2-9-25-13)18(29)7-4-11(21)5-8-18/h1-3,6,9-11,16,29H,4-5,7-8H2,(H,27,28)/t11-,16?,18+. The highest BCUT2D eigenvalue weighted by Gasteiger charge is 2.43. The maximum absolute atomic E-state index is 13.6. The minimum atomic E-state index is -4.76. The van der Waals surface area contributed by atoms with Crippen molar-refractivity contribution in [3.63, 3.8) is 0 Å². The molecule has 0 aromatic carbocycles. The van der Waals surface area contributed by atoms with Gasteiger partial charge < -0.3 is 10.4 Å². The fourth-order valence-corrected chi connectivity index (χ4v) is 3.73. The van der Waals surface area contributed by atoms with Crippen molar-refractivity contribution in [3.8, 4) is 0 Å². The Labute approximate surface area is 169 Å². The minimum Gasteiger partial charge on any atom is -0.387 e. The Balaban J connectivity index is 1.94. The maximum Gasteiger partial charge on any atom is 0.417 e. The number of amides is 1. The highest BCUT2D eigenvalue weighted by Crippen LogP contribution is 2.40. The van der Waals surface area contributed by atoms with Gasteiger partial charge in [-0.05, 0) is 43.9 Å². The van der Waals surface area contributed by atoms with Crippen molar-refractivity contribution in [2.45, 2.75) is 49.7 Å². The van der Waals surface area contributed by atoms with E-state index in [9.17, 15) is 27.5 Å². The first-order chi connectivity index (χ1) is 13.6. The topological polar surface area (TPSA) is 75.1 Å². The van der Waals surface area contributed by atoms with Gasteiger partial charge in [0.25, 0.3) is 5.91 Å². The van der Waals surface area contributed by atoms with Gasteiger partial charge in [-0.25, -0.2) is 9.37 Å². The van der Waals surface area contributed by atoms with E-state index in [2.05, 4.69) is 15.3 Å². The summed E-state index contributed by atoms with van der Waals surface area (Å²) in [5.74, 6) is -0.993. The van der Waals surface area contributed by atoms with E-state index in [1.807, 2.05) is 0 Å². The molecule has 0 bridgehead atoms. The summed E-state index contributed by atoms with van der Waals surface area (Å²) in [6, 6.07) is 4.44. The minimum absolute atomic E-state index is 0.0550. The van der Waals surface area contributed by atoms with Gasteiger partial charge in [-0.1, -0.05) is 17.7 Å². The molecule has 3 rings (SSSR count). The molecule has 156 valence electrons. The molecule has 1 unspecified atom stereocenters. The number of nitrogens with zero attached hydrogens (tertiary/aromatic N) is 2.